The van der Waals surface area contributed by atoms with Crippen molar-refractivity contribution in [3.63, 3.8) is 0 Å². The van der Waals surface area contributed by atoms with Gasteiger partial charge in [0.05, 0.1) is 19.6 Å². The van der Waals surface area contributed by atoms with Gasteiger partial charge in [-0.2, -0.15) is 0 Å². The molecule has 0 unspecified atom stereocenters. The number of hydrogen-bond acceptors (Lipinski definition) is 5. The van der Waals surface area contributed by atoms with Crippen LogP contribution in [0.3, 0.4) is 0 Å². The molecule has 0 saturated heterocycles. The predicted molar refractivity (Wildman–Crippen MR) is 90.2 cm³/mol. The Bertz CT molecular complexity index is 493. The first-order valence-electron chi connectivity index (χ1n) is 8.17. The fourth-order valence-electron chi connectivity index (χ4n) is 2.29. The van der Waals surface area contributed by atoms with E-state index in [0.717, 1.165) is 30.6 Å². The van der Waals surface area contributed by atoms with E-state index in [4.69, 9.17) is 4.74 Å². The van der Waals surface area contributed by atoms with Crippen LogP contribution >= 0.6 is 0 Å². The van der Waals surface area contributed by atoms with Crippen molar-refractivity contribution in [2.24, 2.45) is 5.92 Å². The van der Waals surface area contributed by atoms with E-state index in [0.29, 0.717) is 24.4 Å². The highest BCUT2D eigenvalue weighted by Crippen LogP contribution is 2.12. The van der Waals surface area contributed by atoms with Gasteiger partial charge in [0.25, 0.3) is 0 Å². The Kier molecular flexibility index (Phi) is 9.48. The molecule has 134 valence electrons. The third kappa shape index (κ3) is 7.43. The first-order valence-corrected chi connectivity index (χ1v) is 8.17. The van der Waals surface area contributed by atoms with Gasteiger partial charge in [-0.1, -0.05) is 38.3 Å². The van der Waals surface area contributed by atoms with Gasteiger partial charge in [0, 0.05) is 6.54 Å². The van der Waals surface area contributed by atoms with Crippen LogP contribution in [0.1, 0.15) is 38.2 Å². The summed E-state index contributed by atoms with van der Waals surface area (Å²) in [5.41, 5.74) is 6.51. The topological polar surface area (TPSA) is 90.9 Å². The molecule has 1 aromatic carbocycles. The maximum atomic E-state index is 12.2. The second kappa shape index (κ2) is 11.4. The number of rotatable bonds is 12. The van der Waals surface area contributed by atoms with Gasteiger partial charge in [-0.3, -0.25) is 20.2 Å². The van der Waals surface area contributed by atoms with Crippen LogP contribution in [0, 0.1) is 5.92 Å². The molecule has 0 heterocycles. The van der Waals surface area contributed by atoms with Gasteiger partial charge in [-0.05, 0) is 24.1 Å². The largest absolute Gasteiger partial charge is 0.497 e. The highest BCUT2D eigenvalue weighted by atomic mass is 16.5. The molecule has 1 rings (SSSR count). The Morgan fingerprint density at radius 2 is 2.04 bits per heavy atom. The minimum atomic E-state index is -0.449. The smallest absolute Gasteiger partial charge is 0.239 e. The maximum absolute atomic E-state index is 12.2. The lowest BCUT2D eigenvalue weighted by Gasteiger charge is -2.19. The van der Waals surface area contributed by atoms with E-state index in [1.54, 1.807) is 7.11 Å². The highest BCUT2D eigenvalue weighted by molar-refractivity contribution is 5.78. The van der Waals surface area contributed by atoms with E-state index < -0.39 is 5.92 Å². The first kappa shape index (κ1) is 19.9. The number of amides is 2. The number of carbonyl (C=O) groups is 2. The molecule has 7 nitrogen and oxygen atoms in total. The molecule has 0 saturated carbocycles. The summed E-state index contributed by atoms with van der Waals surface area (Å²) >= 11 is 0. The third-order valence-corrected chi connectivity index (χ3v) is 3.72. The van der Waals surface area contributed by atoms with Crippen LogP contribution in [0.2, 0.25) is 0 Å². The van der Waals surface area contributed by atoms with Gasteiger partial charge in [-0.15, -0.1) is 0 Å². The fraction of sp³-hybridized carbons (Fsp3) is 0.529. The van der Waals surface area contributed by atoms with Crippen molar-refractivity contribution in [3.05, 3.63) is 29.8 Å². The van der Waals surface area contributed by atoms with E-state index >= 15 is 0 Å². The van der Waals surface area contributed by atoms with Crippen molar-refractivity contribution in [1.82, 2.24) is 15.9 Å². The SMILES string of the molecule is CCCCC[C@@H](CN(O)C=O)C(=O)NNCc1ccc(OC)cc1. The zero-order valence-corrected chi connectivity index (χ0v) is 14.3. The van der Waals surface area contributed by atoms with Crippen LogP contribution in [0.25, 0.3) is 0 Å². The van der Waals surface area contributed by atoms with Crippen molar-refractivity contribution in [3.8, 4) is 5.75 Å². The summed E-state index contributed by atoms with van der Waals surface area (Å²) in [6.07, 6.45) is 3.86. The number of methoxy groups -OCH3 is 1. The first-order chi connectivity index (χ1) is 11.6. The van der Waals surface area contributed by atoms with E-state index in [1.165, 1.54) is 0 Å². The zero-order valence-electron chi connectivity index (χ0n) is 14.3. The number of carbonyl (C=O) groups excluding carboxylic acids is 2. The number of hydrogen-bond donors (Lipinski definition) is 3. The molecule has 3 N–H and O–H groups in total. The second-order valence-electron chi connectivity index (χ2n) is 5.61. The molecule has 24 heavy (non-hydrogen) atoms. The van der Waals surface area contributed by atoms with Crippen LogP contribution in [-0.2, 0) is 16.1 Å². The summed E-state index contributed by atoms with van der Waals surface area (Å²) in [5.74, 6) is 0.0892. The Balaban J connectivity index is 2.45. The monoisotopic (exact) mass is 337 g/mol. The van der Waals surface area contributed by atoms with E-state index in [9.17, 15) is 14.8 Å². The quantitative estimate of drug-likeness (QED) is 0.234. The molecule has 0 radical (unpaired) electrons. The summed E-state index contributed by atoms with van der Waals surface area (Å²) in [7, 11) is 1.61. The molecule has 0 aliphatic heterocycles. The number of unbranched alkanes of at least 4 members (excludes halogenated alkanes) is 2. The van der Waals surface area contributed by atoms with Gasteiger partial charge in [0.2, 0.25) is 12.3 Å². The average molecular weight is 337 g/mol. The number of benzene rings is 1. The van der Waals surface area contributed by atoms with Crippen LogP contribution in [-0.4, -0.2) is 36.2 Å². The zero-order chi connectivity index (χ0) is 17.8. The molecular weight excluding hydrogens is 310 g/mol. The predicted octanol–water partition coefficient (Wildman–Crippen LogP) is 1.86. The lowest BCUT2D eigenvalue weighted by molar-refractivity contribution is -0.154. The lowest BCUT2D eigenvalue weighted by atomic mass is 10.0. The molecule has 0 fully saturated rings. The molecule has 0 spiro atoms. The second-order valence-corrected chi connectivity index (χ2v) is 5.61. The summed E-state index contributed by atoms with van der Waals surface area (Å²) in [4.78, 5) is 22.8. The standard InChI is InChI=1S/C17H27N3O4/c1-3-4-5-6-15(12-20(23)13-21)17(22)19-18-11-14-7-9-16(24-2)10-8-14/h7-10,13,15,18,23H,3-6,11-12H2,1-2H3,(H,19,22)/t15-/m0/s1. The molecular formula is C17H27N3O4. The fourth-order valence-corrected chi connectivity index (χ4v) is 2.29. The lowest BCUT2D eigenvalue weighted by Crippen LogP contribution is -2.44. The molecule has 0 aromatic heterocycles. The van der Waals surface area contributed by atoms with Crippen molar-refractivity contribution in [2.75, 3.05) is 13.7 Å². The van der Waals surface area contributed by atoms with E-state index in [1.807, 2.05) is 24.3 Å². The van der Waals surface area contributed by atoms with Gasteiger partial charge in [0.1, 0.15) is 5.75 Å². The molecule has 1 aromatic rings. The number of hydroxylamine groups is 2. The van der Waals surface area contributed by atoms with Gasteiger partial charge in [-0.25, -0.2) is 10.5 Å². The summed E-state index contributed by atoms with van der Waals surface area (Å²) in [6.45, 7) is 2.53. The van der Waals surface area contributed by atoms with Crippen LogP contribution in [0.15, 0.2) is 24.3 Å². The third-order valence-electron chi connectivity index (χ3n) is 3.72. The van der Waals surface area contributed by atoms with Gasteiger partial charge >= 0.3 is 0 Å². The minimum Gasteiger partial charge on any atom is -0.497 e. The number of nitrogens with one attached hydrogen (secondary N) is 2. The van der Waals surface area contributed by atoms with E-state index in [-0.39, 0.29) is 12.5 Å². The minimum absolute atomic E-state index is 0.0107. The summed E-state index contributed by atoms with van der Waals surface area (Å²) in [6, 6.07) is 7.50. The Hall–Kier alpha value is -2.12. The number of hydrazine groups is 1. The number of ether oxygens (including phenoxy) is 1. The van der Waals surface area contributed by atoms with E-state index in [2.05, 4.69) is 17.8 Å². The molecule has 7 heteroatoms. The van der Waals surface area contributed by atoms with Crippen LogP contribution in [0.4, 0.5) is 0 Å². The van der Waals surface area contributed by atoms with Crippen molar-refractivity contribution in [2.45, 2.75) is 39.2 Å². The highest BCUT2D eigenvalue weighted by Gasteiger charge is 2.20. The Morgan fingerprint density at radius 1 is 1.33 bits per heavy atom. The Morgan fingerprint density at radius 3 is 2.62 bits per heavy atom. The maximum Gasteiger partial charge on any atom is 0.239 e. The van der Waals surface area contributed by atoms with Crippen LogP contribution < -0.4 is 15.6 Å². The molecule has 0 bridgehead atoms. The van der Waals surface area contributed by atoms with Crippen molar-refractivity contribution >= 4 is 12.3 Å². The van der Waals surface area contributed by atoms with Gasteiger partial charge in [0.15, 0.2) is 0 Å². The van der Waals surface area contributed by atoms with Gasteiger partial charge < -0.3 is 4.74 Å². The Labute approximate surface area is 142 Å². The summed E-state index contributed by atoms with van der Waals surface area (Å²) in [5, 5.41) is 9.85. The molecule has 1 atom stereocenters. The molecule has 0 aliphatic rings. The van der Waals surface area contributed by atoms with Crippen molar-refractivity contribution < 1.29 is 19.5 Å². The van der Waals surface area contributed by atoms with Crippen molar-refractivity contribution in [1.29, 1.82) is 0 Å². The number of nitrogens with zero attached hydrogens (tertiary/aromatic N) is 1. The normalized spacial score (nSPS) is 11.6. The molecule has 0 aliphatic carbocycles. The molecule has 2 amide bonds. The average Bonchev–Trinajstić information content (AvgIpc) is 2.61. The summed E-state index contributed by atoms with van der Waals surface area (Å²) < 4.78 is 5.09. The van der Waals surface area contributed by atoms with Crippen LogP contribution in [0.5, 0.6) is 5.75 Å².